The molecule has 0 fully saturated rings. The Balaban J connectivity index is 1.53. The second-order valence-corrected chi connectivity index (χ2v) is 6.62. The number of carbonyl (C=O) groups excluding carboxylic acids is 1. The molecule has 0 spiro atoms. The Hall–Kier alpha value is -3.61. The Morgan fingerprint density at radius 3 is 2.55 bits per heavy atom. The van der Waals surface area contributed by atoms with E-state index in [0.717, 1.165) is 11.4 Å². The number of ether oxygens (including phenoxy) is 1. The lowest BCUT2D eigenvalue weighted by Crippen LogP contribution is -2.29. The molecule has 150 valence electrons. The van der Waals surface area contributed by atoms with Gasteiger partial charge in [0.05, 0.1) is 7.11 Å². The van der Waals surface area contributed by atoms with E-state index in [-0.39, 0.29) is 5.91 Å². The van der Waals surface area contributed by atoms with Gasteiger partial charge in [-0.15, -0.1) is 0 Å². The second kappa shape index (κ2) is 9.54. The summed E-state index contributed by atoms with van der Waals surface area (Å²) in [6.45, 7) is 4.91. The van der Waals surface area contributed by atoms with Crippen molar-refractivity contribution in [2.45, 2.75) is 13.8 Å². The molecule has 0 aliphatic rings. The number of nitrogens with one attached hydrogen (secondary N) is 3. The molecule has 1 heterocycles. The molecule has 29 heavy (non-hydrogen) atoms. The maximum absolute atomic E-state index is 12.2. The highest BCUT2D eigenvalue weighted by Gasteiger charge is 2.07. The second-order valence-electron chi connectivity index (χ2n) is 6.62. The van der Waals surface area contributed by atoms with Crippen molar-refractivity contribution >= 4 is 23.4 Å². The molecule has 3 rings (SSSR count). The highest BCUT2D eigenvalue weighted by Crippen LogP contribution is 2.17. The summed E-state index contributed by atoms with van der Waals surface area (Å²) in [6, 6.07) is 17.0. The summed E-state index contributed by atoms with van der Waals surface area (Å²) in [6.07, 6.45) is 0. The van der Waals surface area contributed by atoms with Gasteiger partial charge in [0, 0.05) is 36.1 Å². The molecule has 0 atom stereocenters. The van der Waals surface area contributed by atoms with Crippen molar-refractivity contribution in [3.63, 3.8) is 0 Å². The van der Waals surface area contributed by atoms with Crippen LogP contribution in [0.3, 0.4) is 0 Å². The molecule has 7 heteroatoms. The van der Waals surface area contributed by atoms with E-state index in [0.29, 0.717) is 36.2 Å². The van der Waals surface area contributed by atoms with Crippen LogP contribution in [0.5, 0.6) is 5.75 Å². The fourth-order valence-corrected chi connectivity index (χ4v) is 2.71. The van der Waals surface area contributed by atoms with E-state index in [9.17, 15) is 4.79 Å². The standard InChI is InChI=1S/C22H25N5O2/c1-15-7-9-18(10-8-15)26-20-13-16(2)25-22(27-20)24-12-11-23-21(28)17-5-4-6-19(14-17)29-3/h4-10,13-14H,11-12H2,1-3H3,(H,23,28)(H2,24,25,26,27). The number of hydrogen-bond acceptors (Lipinski definition) is 6. The van der Waals surface area contributed by atoms with Gasteiger partial charge in [-0.25, -0.2) is 4.98 Å². The minimum Gasteiger partial charge on any atom is -0.497 e. The molecular formula is C22H25N5O2. The quantitative estimate of drug-likeness (QED) is 0.508. The van der Waals surface area contributed by atoms with Gasteiger partial charge in [0.2, 0.25) is 5.95 Å². The molecule has 0 saturated heterocycles. The molecule has 0 aliphatic heterocycles. The summed E-state index contributed by atoms with van der Waals surface area (Å²) in [5, 5.41) is 9.30. The van der Waals surface area contributed by atoms with E-state index < -0.39 is 0 Å². The first-order chi connectivity index (χ1) is 14.0. The van der Waals surface area contributed by atoms with Crippen molar-refractivity contribution in [2.24, 2.45) is 0 Å². The summed E-state index contributed by atoms with van der Waals surface area (Å²) in [5.74, 6) is 1.72. The monoisotopic (exact) mass is 391 g/mol. The van der Waals surface area contributed by atoms with Crippen LogP contribution in [0.1, 0.15) is 21.6 Å². The molecule has 0 radical (unpaired) electrons. The molecule has 2 aromatic carbocycles. The zero-order chi connectivity index (χ0) is 20.6. The summed E-state index contributed by atoms with van der Waals surface area (Å²) in [4.78, 5) is 21.1. The Morgan fingerprint density at radius 1 is 1.00 bits per heavy atom. The first-order valence-electron chi connectivity index (χ1n) is 9.39. The highest BCUT2D eigenvalue weighted by molar-refractivity contribution is 5.94. The summed E-state index contributed by atoms with van der Waals surface area (Å²) >= 11 is 0. The smallest absolute Gasteiger partial charge is 0.251 e. The number of aryl methyl sites for hydroxylation is 2. The number of anilines is 3. The molecule has 0 saturated carbocycles. The maximum atomic E-state index is 12.2. The van der Waals surface area contributed by atoms with Gasteiger partial charge in [-0.3, -0.25) is 4.79 Å². The van der Waals surface area contributed by atoms with Crippen LogP contribution in [0.4, 0.5) is 17.5 Å². The summed E-state index contributed by atoms with van der Waals surface area (Å²) in [7, 11) is 1.57. The lowest BCUT2D eigenvalue weighted by atomic mass is 10.2. The van der Waals surface area contributed by atoms with Gasteiger partial charge in [-0.2, -0.15) is 4.98 Å². The summed E-state index contributed by atoms with van der Waals surface area (Å²) in [5.41, 5.74) is 3.57. The van der Waals surface area contributed by atoms with Crippen molar-refractivity contribution < 1.29 is 9.53 Å². The van der Waals surface area contributed by atoms with E-state index >= 15 is 0 Å². The third-order valence-electron chi connectivity index (χ3n) is 4.20. The SMILES string of the molecule is COc1cccc(C(=O)NCCNc2nc(C)cc(Nc3ccc(C)cc3)n2)c1. The van der Waals surface area contributed by atoms with E-state index in [4.69, 9.17) is 4.74 Å². The number of rotatable bonds is 8. The van der Waals surface area contributed by atoms with Crippen molar-refractivity contribution in [2.75, 3.05) is 30.8 Å². The Kier molecular flexibility index (Phi) is 6.63. The predicted octanol–water partition coefficient (Wildman–Crippen LogP) is 3.69. The van der Waals surface area contributed by atoms with Crippen molar-refractivity contribution in [3.8, 4) is 5.75 Å². The fourth-order valence-electron chi connectivity index (χ4n) is 2.71. The first kappa shape index (κ1) is 20.1. The van der Waals surface area contributed by atoms with E-state index in [1.54, 1.807) is 31.4 Å². The van der Waals surface area contributed by atoms with E-state index in [2.05, 4.69) is 25.9 Å². The molecule has 0 bridgehead atoms. The number of hydrogen-bond donors (Lipinski definition) is 3. The van der Waals surface area contributed by atoms with Crippen LogP contribution in [0.15, 0.2) is 54.6 Å². The predicted molar refractivity (Wildman–Crippen MR) is 115 cm³/mol. The third-order valence-corrected chi connectivity index (χ3v) is 4.20. The van der Waals surface area contributed by atoms with Crippen molar-refractivity contribution in [1.82, 2.24) is 15.3 Å². The van der Waals surface area contributed by atoms with Crippen LogP contribution in [0.2, 0.25) is 0 Å². The number of aromatic nitrogens is 2. The minimum absolute atomic E-state index is 0.155. The molecule has 3 aromatic rings. The van der Waals surface area contributed by atoms with Crippen LogP contribution in [0, 0.1) is 13.8 Å². The van der Waals surface area contributed by atoms with Crippen LogP contribution in [-0.2, 0) is 0 Å². The Morgan fingerprint density at radius 2 is 1.79 bits per heavy atom. The third kappa shape index (κ3) is 5.93. The zero-order valence-electron chi connectivity index (χ0n) is 16.8. The van der Waals surface area contributed by atoms with Gasteiger partial charge in [-0.1, -0.05) is 23.8 Å². The average molecular weight is 391 g/mol. The molecule has 0 unspecified atom stereocenters. The van der Waals surface area contributed by atoms with Crippen molar-refractivity contribution in [3.05, 3.63) is 71.4 Å². The molecular weight excluding hydrogens is 366 g/mol. The molecule has 1 aromatic heterocycles. The van der Waals surface area contributed by atoms with Gasteiger partial charge in [-0.05, 0) is 44.2 Å². The zero-order valence-corrected chi connectivity index (χ0v) is 16.8. The van der Waals surface area contributed by atoms with Crippen LogP contribution >= 0.6 is 0 Å². The average Bonchev–Trinajstić information content (AvgIpc) is 2.72. The molecule has 3 N–H and O–H groups in total. The van der Waals surface area contributed by atoms with Gasteiger partial charge < -0.3 is 20.7 Å². The summed E-state index contributed by atoms with van der Waals surface area (Å²) < 4.78 is 5.14. The molecule has 0 aliphatic carbocycles. The van der Waals surface area contributed by atoms with Crippen molar-refractivity contribution in [1.29, 1.82) is 0 Å². The lowest BCUT2D eigenvalue weighted by molar-refractivity contribution is 0.0955. The molecule has 7 nitrogen and oxygen atoms in total. The van der Waals surface area contributed by atoms with Gasteiger partial charge in [0.15, 0.2) is 0 Å². The van der Waals surface area contributed by atoms with Crippen LogP contribution in [-0.4, -0.2) is 36.1 Å². The van der Waals surface area contributed by atoms with Gasteiger partial charge in [0.25, 0.3) is 5.91 Å². The van der Waals surface area contributed by atoms with Crippen LogP contribution < -0.4 is 20.7 Å². The van der Waals surface area contributed by atoms with Crippen LogP contribution in [0.25, 0.3) is 0 Å². The molecule has 1 amide bonds. The lowest BCUT2D eigenvalue weighted by Gasteiger charge is -2.11. The Labute approximate surface area is 170 Å². The topological polar surface area (TPSA) is 88.2 Å². The number of carbonyl (C=O) groups is 1. The fraction of sp³-hybridized carbons (Fsp3) is 0.227. The van der Waals surface area contributed by atoms with E-state index in [1.165, 1.54) is 5.56 Å². The maximum Gasteiger partial charge on any atom is 0.251 e. The van der Waals surface area contributed by atoms with E-state index in [1.807, 2.05) is 44.2 Å². The number of amides is 1. The number of nitrogens with zero attached hydrogens (tertiary/aromatic N) is 2. The first-order valence-corrected chi connectivity index (χ1v) is 9.39. The Bertz CT molecular complexity index is 973. The largest absolute Gasteiger partial charge is 0.497 e. The number of benzene rings is 2. The number of methoxy groups -OCH3 is 1. The highest BCUT2D eigenvalue weighted by atomic mass is 16.5. The van der Waals surface area contributed by atoms with Gasteiger partial charge >= 0.3 is 0 Å². The minimum atomic E-state index is -0.155. The van der Waals surface area contributed by atoms with Gasteiger partial charge in [0.1, 0.15) is 11.6 Å². The normalized spacial score (nSPS) is 10.3.